The van der Waals surface area contributed by atoms with Gasteiger partial charge in [-0.15, -0.1) is 0 Å². The van der Waals surface area contributed by atoms with Gasteiger partial charge in [-0.3, -0.25) is 9.69 Å². The molecule has 0 unspecified atom stereocenters. The second-order valence-electron chi connectivity index (χ2n) is 6.18. The van der Waals surface area contributed by atoms with Gasteiger partial charge in [0.2, 0.25) is 5.91 Å². The number of carbonyl (C=O) groups is 1. The van der Waals surface area contributed by atoms with Crippen LogP contribution in [0.4, 0.5) is 10.1 Å². The molecule has 0 bridgehead atoms. The zero-order valence-electron chi connectivity index (χ0n) is 14.3. The number of halogens is 1. The standard InChI is InChI=1S/C19H21FN2O3/c1-13-3-5-16(15(20)9-13)21-19(23)12-22(2)11-14-4-6-17-18(10-14)25-8-7-24-17/h3-6,9-10H,7-8,11-12H2,1-2H3,(H,21,23). The lowest BCUT2D eigenvalue weighted by Gasteiger charge is -2.21. The molecule has 1 amide bonds. The summed E-state index contributed by atoms with van der Waals surface area (Å²) in [7, 11) is 1.84. The van der Waals surface area contributed by atoms with Gasteiger partial charge in [0.25, 0.3) is 0 Å². The molecule has 2 aromatic rings. The van der Waals surface area contributed by atoms with Gasteiger partial charge in [0, 0.05) is 6.54 Å². The van der Waals surface area contributed by atoms with E-state index in [0.29, 0.717) is 19.8 Å². The molecule has 1 N–H and O–H groups in total. The molecule has 0 saturated carbocycles. The van der Waals surface area contributed by atoms with Gasteiger partial charge in [0.05, 0.1) is 12.2 Å². The van der Waals surface area contributed by atoms with Crippen LogP contribution in [0.3, 0.4) is 0 Å². The Morgan fingerprint density at radius 3 is 2.68 bits per heavy atom. The van der Waals surface area contributed by atoms with Crippen LogP contribution in [0, 0.1) is 12.7 Å². The van der Waals surface area contributed by atoms with Crippen molar-refractivity contribution in [2.45, 2.75) is 13.5 Å². The predicted molar refractivity (Wildman–Crippen MR) is 93.5 cm³/mol. The van der Waals surface area contributed by atoms with Gasteiger partial charge in [0.1, 0.15) is 19.0 Å². The van der Waals surface area contributed by atoms with Crippen LogP contribution >= 0.6 is 0 Å². The number of benzene rings is 2. The summed E-state index contributed by atoms with van der Waals surface area (Å²) in [6, 6.07) is 10.5. The molecule has 1 aliphatic heterocycles. The fraction of sp³-hybridized carbons (Fsp3) is 0.316. The van der Waals surface area contributed by atoms with Crippen molar-refractivity contribution < 1.29 is 18.7 Å². The van der Waals surface area contributed by atoms with Crippen LogP contribution in [-0.2, 0) is 11.3 Å². The van der Waals surface area contributed by atoms with E-state index in [1.54, 1.807) is 19.1 Å². The monoisotopic (exact) mass is 344 g/mol. The van der Waals surface area contributed by atoms with Gasteiger partial charge in [-0.25, -0.2) is 4.39 Å². The van der Waals surface area contributed by atoms with E-state index in [9.17, 15) is 9.18 Å². The van der Waals surface area contributed by atoms with Crippen LogP contribution in [0.2, 0.25) is 0 Å². The van der Waals surface area contributed by atoms with E-state index in [2.05, 4.69) is 5.32 Å². The first-order chi connectivity index (χ1) is 12.0. The van der Waals surface area contributed by atoms with E-state index >= 15 is 0 Å². The normalized spacial score (nSPS) is 13.0. The number of nitrogens with zero attached hydrogens (tertiary/aromatic N) is 1. The second-order valence-corrected chi connectivity index (χ2v) is 6.18. The first kappa shape index (κ1) is 17.2. The third-order valence-corrected chi connectivity index (χ3v) is 3.87. The van der Waals surface area contributed by atoms with Crippen molar-refractivity contribution in [1.82, 2.24) is 4.90 Å². The summed E-state index contributed by atoms with van der Waals surface area (Å²) in [6.45, 7) is 3.62. The summed E-state index contributed by atoms with van der Waals surface area (Å²) in [6.07, 6.45) is 0. The second kappa shape index (κ2) is 7.53. The van der Waals surface area contributed by atoms with E-state index in [1.807, 2.05) is 30.1 Å². The number of aryl methyl sites for hydroxylation is 1. The number of carbonyl (C=O) groups excluding carboxylic acids is 1. The maximum absolute atomic E-state index is 13.8. The fourth-order valence-electron chi connectivity index (χ4n) is 2.71. The number of fused-ring (bicyclic) bond motifs is 1. The van der Waals surface area contributed by atoms with Gasteiger partial charge in [0.15, 0.2) is 11.5 Å². The summed E-state index contributed by atoms with van der Waals surface area (Å²) >= 11 is 0. The Kier molecular flexibility index (Phi) is 5.19. The number of amides is 1. The van der Waals surface area contributed by atoms with Crippen LogP contribution in [0.15, 0.2) is 36.4 Å². The molecule has 1 aliphatic rings. The number of likely N-dealkylation sites (N-methyl/N-ethyl adjacent to an activating group) is 1. The van der Waals surface area contributed by atoms with Gasteiger partial charge >= 0.3 is 0 Å². The summed E-state index contributed by atoms with van der Waals surface area (Å²) in [5.74, 6) is 0.777. The van der Waals surface area contributed by atoms with Crippen LogP contribution in [0.25, 0.3) is 0 Å². The molecule has 0 atom stereocenters. The molecule has 132 valence electrons. The highest BCUT2D eigenvalue weighted by atomic mass is 19.1. The zero-order chi connectivity index (χ0) is 17.8. The maximum Gasteiger partial charge on any atom is 0.238 e. The quantitative estimate of drug-likeness (QED) is 0.906. The van der Waals surface area contributed by atoms with Gasteiger partial charge < -0.3 is 14.8 Å². The number of hydrogen-bond donors (Lipinski definition) is 1. The molecule has 0 fully saturated rings. The van der Waals surface area contributed by atoms with Crippen LogP contribution in [0.5, 0.6) is 11.5 Å². The SMILES string of the molecule is Cc1ccc(NC(=O)CN(C)Cc2ccc3c(c2)OCCO3)c(F)c1. The van der Waals surface area contributed by atoms with Gasteiger partial charge in [-0.05, 0) is 49.4 Å². The van der Waals surface area contributed by atoms with Crippen molar-refractivity contribution in [1.29, 1.82) is 0 Å². The molecule has 6 heteroatoms. The van der Waals surface area contributed by atoms with E-state index < -0.39 is 5.82 Å². The predicted octanol–water partition coefficient (Wildman–Crippen LogP) is 2.98. The molecular formula is C19H21FN2O3. The van der Waals surface area contributed by atoms with Gasteiger partial charge in [-0.2, -0.15) is 0 Å². The highest BCUT2D eigenvalue weighted by Gasteiger charge is 2.14. The molecule has 0 aliphatic carbocycles. The van der Waals surface area contributed by atoms with Gasteiger partial charge in [-0.1, -0.05) is 12.1 Å². The first-order valence-electron chi connectivity index (χ1n) is 8.14. The maximum atomic E-state index is 13.8. The fourth-order valence-corrected chi connectivity index (χ4v) is 2.71. The molecular weight excluding hydrogens is 323 g/mol. The minimum absolute atomic E-state index is 0.155. The topological polar surface area (TPSA) is 50.8 Å². The molecule has 5 nitrogen and oxygen atoms in total. The average Bonchev–Trinajstić information content (AvgIpc) is 2.57. The molecule has 3 rings (SSSR count). The van der Waals surface area contributed by atoms with E-state index in [1.165, 1.54) is 6.07 Å². The Hall–Kier alpha value is -2.60. The van der Waals surface area contributed by atoms with Crippen molar-refractivity contribution in [2.24, 2.45) is 0 Å². The molecule has 25 heavy (non-hydrogen) atoms. The Balaban J connectivity index is 1.56. The number of nitrogens with one attached hydrogen (secondary N) is 1. The number of rotatable bonds is 5. The van der Waals surface area contributed by atoms with Crippen molar-refractivity contribution in [3.63, 3.8) is 0 Å². The highest BCUT2D eigenvalue weighted by molar-refractivity contribution is 5.92. The summed E-state index contributed by atoms with van der Waals surface area (Å²) < 4.78 is 24.9. The van der Waals surface area contributed by atoms with Crippen molar-refractivity contribution in [3.8, 4) is 11.5 Å². The molecule has 0 spiro atoms. The van der Waals surface area contributed by atoms with Crippen LogP contribution in [-0.4, -0.2) is 37.6 Å². The third-order valence-electron chi connectivity index (χ3n) is 3.87. The minimum Gasteiger partial charge on any atom is -0.486 e. The largest absolute Gasteiger partial charge is 0.486 e. The molecule has 0 aromatic heterocycles. The average molecular weight is 344 g/mol. The molecule has 1 heterocycles. The first-order valence-corrected chi connectivity index (χ1v) is 8.14. The highest BCUT2D eigenvalue weighted by Crippen LogP contribution is 2.31. The van der Waals surface area contributed by atoms with Crippen molar-refractivity contribution in [3.05, 3.63) is 53.3 Å². The molecule has 0 saturated heterocycles. The Morgan fingerprint density at radius 2 is 1.92 bits per heavy atom. The third kappa shape index (κ3) is 4.48. The summed E-state index contributed by atoms with van der Waals surface area (Å²) in [5.41, 5.74) is 2.02. The van der Waals surface area contributed by atoms with Crippen molar-refractivity contribution in [2.75, 3.05) is 32.1 Å². The van der Waals surface area contributed by atoms with Crippen LogP contribution < -0.4 is 14.8 Å². The van der Waals surface area contributed by atoms with Crippen molar-refractivity contribution >= 4 is 11.6 Å². The number of anilines is 1. The van der Waals surface area contributed by atoms with E-state index in [4.69, 9.17) is 9.47 Å². The Morgan fingerprint density at radius 1 is 1.16 bits per heavy atom. The lowest BCUT2D eigenvalue weighted by molar-refractivity contribution is -0.117. The summed E-state index contributed by atoms with van der Waals surface area (Å²) in [4.78, 5) is 14.0. The zero-order valence-corrected chi connectivity index (χ0v) is 14.3. The van der Waals surface area contributed by atoms with E-state index in [0.717, 1.165) is 22.6 Å². The van der Waals surface area contributed by atoms with Crippen LogP contribution in [0.1, 0.15) is 11.1 Å². The smallest absolute Gasteiger partial charge is 0.238 e. The molecule has 0 radical (unpaired) electrons. The lowest BCUT2D eigenvalue weighted by Crippen LogP contribution is -2.30. The minimum atomic E-state index is -0.428. The number of ether oxygens (including phenoxy) is 2. The van der Waals surface area contributed by atoms with E-state index in [-0.39, 0.29) is 18.1 Å². The Labute approximate surface area is 146 Å². The summed E-state index contributed by atoms with van der Waals surface area (Å²) in [5, 5.41) is 2.60. The lowest BCUT2D eigenvalue weighted by atomic mass is 10.2. The molecule has 2 aromatic carbocycles. The Bertz CT molecular complexity index is 779. The number of hydrogen-bond acceptors (Lipinski definition) is 4.